The van der Waals surface area contributed by atoms with E-state index in [4.69, 9.17) is 17.3 Å². The minimum atomic E-state index is -4.57. The van der Waals surface area contributed by atoms with Crippen molar-refractivity contribution < 1.29 is 18.0 Å². The third-order valence-electron chi connectivity index (χ3n) is 4.39. The minimum Gasteiger partial charge on any atom is -0.630 e. The first-order valence-electron chi connectivity index (χ1n) is 7.91. The zero-order valence-electron chi connectivity index (χ0n) is 13.6. The summed E-state index contributed by atoms with van der Waals surface area (Å²) in [5.41, 5.74) is 3.23. The van der Waals surface area contributed by atoms with Crippen molar-refractivity contribution in [1.29, 1.82) is 0 Å². The molecule has 2 unspecified atom stereocenters. The molecular weight excluding hydrogens is 369 g/mol. The molecule has 0 aromatic heterocycles. The van der Waals surface area contributed by atoms with Gasteiger partial charge in [0.05, 0.1) is 5.56 Å². The summed E-state index contributed by atoms with van der Waals surface area (Å²) in [5.74, 6) is -0.658. The van der Waals surface area contributed by atoms with Crippen LogP contribution in [0.15, 0.2) is 42.6 Å². The third kappa shape index (κ3) is 3.81. The van der Waals surface area contributed by atoms with E-state index >= 15 is 0 Å². The van der Waals surface area contributed by atoms with Gasteiger partial charge in [-0.15, -0.1) is 0 Å². The van der Waals surface area contributed by atoms with Gasteiger partial charge in [-0.1, -0.05) is 30.4 Å². The molecule has 0 radical (unpaired) electrons. The summed E-state index contributed by atoms with van der Waals surface area (Å²) in [4.78, 5) is 13.8. The van der Waals surface area contributed by atoms with Gasteiger partial charge in [0.2, 0.25) is 5.91 Å². The highest BCUT2D eigenvalue weighted by Crippen LogP contribution is 2.47. The molecular formula is C17H17ClF3N4O-. The maximum atomic E-state index is 13.2. The van der Waals surface area contributed by atoms with Gasteiger partial charge in [-0.05, 0) is 42.4 Å². The van der Waals surface area contributed by atoms with Crippen molar-refractivity contribution in [3.05, 3.63) is 58.5 Å². The normalized spacial score (nSPS) is 24.6. The van der Waals surface area contributed by atoms with Crippen LogP contribution >= 0.6 is 11.6 Å². The Bertz CT molecular complexity index is 765. The maximum Gasteiger partial charge on any atom is 0.418 e. The summed E-state index contributed by atoms with van der Waals surface area (Å²) in [5, 5.41) is 7.11. The second-order valence-corrected chi connectivity index (χ2v) is 6.65. The van der Waals surface area contributed by atoms with Crippen LogP contribution in [0.25, 0.3) is 5.32 Å². The molecule has 0 saturated heterocycles. The van der Waals surface area contributed by atoms with E-state index in [1.54, 1.807) is 0 Å². The summed E-state index contributed by atoms with van der Waals surface area (Å²) in [6, 6.07) is 2.86. The number of carbonyl (C=O) groups excluding carboxylic acids is 1. The molecule has 3 rings (SSSR count). The number of nitrogens with zero attached hydrogens (tertiary/aromatic N) is 2. The molecule has 140 valence electrons. The molecule has 1 fully saturated rings. The van der Waals surface area contributed by atoms with Crippen molar-refractivity contribution in [2.24, 2.45) is 5.73 Å². The van der Waals surface area contributed by atoms with Gasteiger partial charge in [0.15, 0.2) is 0 Å². The Kier molecular flexibility index (Phi) is 4.90. The van der Waals surface area contributed by atoms with Crippen molar-refractivity contribution in [2.45, 2.75) is 24.2 Å². The lowest BCUT2D eigenvalue weighted by Crippen LogP contribution is -2.38. The van der Waals surface area contributed by atoms with E-state index in [2.05, 4.69) is 10.6 Å². The van der Waals surface area contributed by atoms with Gasteiger partial charge in [-0.25, -0.2) is 0 Å². The van der Waals surface area contributed by atoms with Gasteiger partial charge in [0.25, 0.3) is 0 Å². The summed E-state index contributed by atoms with van der Waals surface area (Å²) in [6.07, 6.45) is 3.15. The number of alkyl halides is 3. The molecule has 2 aliphatic rings. The molecule has 0 bridgehead atoms. The predicted molar refractivity (Wildman–Crippen MR) is 93.6 cm³/mol. The number of amides is 1. The van der Waals surface area contributed by atoms with Crippen molar-refractivity contribution >= 4 is 23.2 Å². The summed E-state index contributed by atoms with van der Waals surface area (Å²) in [6.45, 7) is 0.872. The van der Waals surface area contributed by atoms with Gasteiger partial charge in [-0.3, -0.25) is 4.79 Å². The Hall–Kier alpha value is -2.19. The van der Waals surface area contributed by atoms with E-state index in [1.807, 2.05) is 29.3 Å². The molecule has 1 saturated carbocycles. The SMILES string of the molecule is NC(=O)C1([N-]CN2C=CC=CC2)CC1Nc1ccc(Cl)cc1C(F)(F)F. The van der Waals surface area contributed by atoms with Crippen LogP contribution in [0.5, 0.6) is 0 Å². The lowest BCUT2D eigenvalue weighted by molar-refractivity contribution is -0.137. The first-order valence-corrected chi connectivity index (χ1v) is 8.29. The predicted octanol–water partition coefficient (Wildman–Crippen LogP) is 3.48. The lowest BCUT2D eigenvalue weighted by atomic mass is 10.1. The summed E-state index contributed by atoms with van der Waals surface area (Å²) < 4.78 is 39.6. The number of rotatable bonds is 6. The highest BCUT2D eigenvalue weighted by molar-refractivity contribution is 6.30. The van der Waals surface area contributed by atoms with Crippen LogP contribution in [0.2, 0.25) is 5.02 Å². The number of allylic oxidation sites excluding steroid dienone is 2. The molecule has 5 nitrogen and oxygen atoms in total. The monoisotopic (exact) mass is 385 g/mol. The van der Waals surface area contributed by atoms with Crippen molar-refractivity contribution in [2.75, 3.05) is 18.5 Å². The molecule has 1 aliphatic carbocycles. The average molecular weight is 386 g/mol. The summed E-state index contributed by atoms with van der Waals surface area (Å²) >= 11 is 5.68. The van der Waals surface area contributed by atoms with Gasteiger partial charge in [-0.2, -0.15) is 13.2 Å². The molecule has 9 heteroatoms. The van der Waals surface area contributed by atoms with Gasteiger partial charge >= 0.3 is 6.18 Å². The molecule has 1 aliphatic heterocycles. The molecule has 2 atom stereocenters. The number of nitrogens with two attached hydrogens (primary N) is 1. The van der Waals surface area contributed by atoms with E-state index < -0.39 is 29.2 Å². The zero-order chi connectivity index (χ0) is 18.9. The number of benzene rings is 1. The van der Waals surface area contributed by atoms with E-state index in [1.165, 1.54) is 12.1 Å². The highest BCUT2D eigenvalue weighted by atomic mass is 35.5. The van der Waals surface area contributed by atoms with E-state index in [0.29, 0.717) is 6.54 Å². The largest absolute Gasteiger partial charge is 0.630 e. The van der Waals surface area contributed by atoms with Crippen molar-refractivity contribution in [1.82, 2.24) is 4.90 Å². The standard InChI is InChI=1S/C17H17ClF3N4O/c18-11-4-5-13(12(8-11)17(19,20)21)24-14-9-16(14,15(22)26)23-10-25-6-2-1-3-7-25/h1-6,8,14,24H,7,9-10H2,(H2,22,26)/q-1. The quantitative estimate of drug-likeness (QED) is 0.787. The average Bonchev–Trinajstić information content (AvgIpc) is 3.29. The van der Waals surface area contributed by atoms with Gasteiger partial charge in [0.1, 0.15) is 0 Å². The Morgan fingerprint density at radius 1 is 1.42 bits per heavy atom. The number of anilines is 1. The number of carbonyl (C=O) groups is 1. The maximum absolute atomic E-state index is 13.2. The van der Waals surface area contributed by atoms with Gasteiger partial charge in [0, 0.05) is 23.3 Å². The van der Waals surface area contributed by atoms with Gasteiger partial charge < -0.3 is 21.3 Å². The number of halogens is 4. The fourth-order valence-electron chi connectivity index (χ4n) is 2.84. The second-order valence-electron chi connectivity index (χ2n) is 6.22. The van der Waals surface area contributed by atoms with Crippen LogP contribution < -0.4 is 11.1 Å². The van der Waals surface area contributed by atoms with Crippen LogP contribution in [-0.2, 0) is 11.0 Å². The van der Waals surface area contributed by atoms with Crippen molar-refractivity contribution in [3.8, 4) is 0 Å². The first kappa shape index (κ1) is 18.6. The lowest BCUT2D eigenvalue weighted by Gasteiger charge is -2.36. The number of hydrogen-bond acceptors (Lipinski definition) is 3. The highest BCUT2D eigenvalue weighted by Gasteiger charge is 2.51. The third-order valence-corrected chi connectivity index (χ3v) is 4.63. The summed E-state index contributed by atoms with van der Waals surface area (Å²) in [7, 11) is 0. The fourth-order valence-corrected chi connectivity index (χ4v) is 3.01. The van der Waals surface area contributed by atoms with E-state index in [0.717, 1.165) is 6.07 Å². The molecule has 1 heterocycles. The van der Waals surface area contributed by atoms with Crippen LogP contribution in [-0.4, -0.2) is 35.6 Å². The Balaban J connectivity index is 1.72. The Morgan fingerprint density at radius 3 is 2.81 bits per heavy atom. The molecule has 1 aromatic rings. The molecule has 26 heavy (non-hydrogen) atoms. The Labute approximate surface area is 153 Å². The number of hydrogen-bond donors (Lipinski definition) is 2. The fraction of sp³-hybridized carbons (Fsp3) is 0.353. The molecule has 0 spiro atoms. The smallest absolute Gasteiger partial charge is 0.418 e. The number of nitrogens with one attached hydrogen (secondary N) is 1. The van der Waals surface area contributed by atoms with E-state index in [9.17, 15) is 18.0 Å². The van der Waals surface area contributed by atoms with Crippen molar-refractivity contribution in [3.63, 3.8) is 0 Å². The minimum absolute atomic E-state index is 0.0190. The Morgan fingerprint density at radius 2 is 2.19 bits per heavy atom. The zero-order valence-corrected chi connectivity index (χ0v) is 14.4. The van der Waals surface area contributed by atoms with Crippen LogP contribution in [0.3, 0.4) is 0 Å². The van der Waals surface area contributed by atoms with Crippen LogP contribution in [0.1, 0.15) is 12.0 Å². The second kappa shape index (κ2) is 6.85. The van der Waals surface area contributed by atoms with Crippen LogP contribution in [0, 0.1) is 0 Å². The molecule has 1 amide bonds. The molecule has 1 aromatic carbocycles. The number of primary amides is 1. The van der Waals surface area contributed by atoms with Crippen LogP contribution in [0.4, 0.5) is 18.9 Å². The first-order chi connectivity index (χ1) is 12.2. The molecule has 3 N–H and O–H groups in total. The topological polar surface area (TPSA) is 72.5 Å². The van der Waals surface area contributed by atoms with E-state index in [-0.39, 0.29) is 23.8 Å².